The van der Waals surface area contributed by atoms with Gasteiger partial charge in [-0.05, 0) is 18.6 Å². The Morgan fingerprint density at radius 1 is 1.50 bits per heavy atom. The molecule has 16 heavy (non-hydrogen) atoms. The molecule has 6 heteroatoms. The molecule has 1 unspecified atom stereocenters. The first-order chi connectivity index (χ1) is 7.45. The highest BCUT2D eigenvalue weighted by atomic mass is 19.4. The molecule has 3 nitrogen and oxygen atoms in total. The van der Waals surface area contributed by atoms with Gasteiger partial charge >= 0.3 is 6.18 Å². The van der Waals surface area contributed by atoms with E-state index < -0.39 is 11.7 Å². The Kier molecular flexibility index (Phi) is 4.12. The molecule has 0 fully saturated rings. The third-order valence-electron chi connectivity index (χ3n) is 2.17. The van der Waals surface area contributed by atoms with Crippen molar-refractivity contribution in [1.82, 2.24) is 4.98 Å². The van der Waals surface area contributed by atoms with Crippen LogP contribution in [0.3, 0.4) is 0 Å². The maximum absolute atomic E-state index is 12.5. The van der Waals surface area contributed by atoms with Crippen LogP contribution in [0.15, 0.2) is 18.3 Å². The van der Waals surface area contributed by atoms with Crippen LogP contribution in [0.4, 0.5) is 19.0 Å². The summed E-state index contributed by atoms with van der Waals surface area (Å²) in [5.41, 5.74) is 4.84. The number of alkyl halides is 3. The summed E-state index contributed by atoms with van der Waals surface area (Å²) in [6.07, 6.45) is -2.39. The Labute approximate surface area is 91.9 Å². The average molecular weight is 233 g/mol. The van der Waals surface area contributed by atoms with Gasteiger partial charge in [-0.15, -0.1) is 0 Å². The Hall–Kier alpha value is -1.30. The number of pyridine rings is 1. The molecule has 0 spiro atoms. The van der Waals surface area contributed by atoms with E-state index in [1.165, 1.54) is 12.3 Å². The zero-order chi connectivity index (χ0) is 12.2. The average Bonchev–Trinajstić information content (AvgIpc) is 2.25. The van der Waals surface area contributed by atoms with Crippen molar-refractivity contribution in [1.29, 1.82) is 0 Å². The molecule has 0 radical (unpaired) electrons. The molecule has 0 aliphatic rings. The summed E-state index contributed by atoms with van der Waals surface area (Å²) in [6, 6.07) is 2.07. The molecule has 1 aromatic rings. The van der Waals surface area contributed by atoms with Crippen LogP contribution in [0.25, 0.3) is 0 Å². The van der Waals surface area contributed by atoms with Crippen molar-refractivity contribution < 1.29 is 13.2 Å². The van der Waals surface area contributed by atoms with Crippen LogP contribution >= 0.6 is 0 Å². The highest BCUT2D eigenvalue weighted by Crippen LogP contribution is 2.33. The fourth-order valence-corrected chi connectivity index (χ4v) is 1.15. The fraction of sp³-hybridized carbons (Fsp3) is 0.500. The van der Waals surface area contributed by atoms with Gasteiger partial charge in [0.1, 0.15) is 5.82 Å². The van der Waals surface area contributed by atoms with Gasteiger partial charge in [0.2, 0.25) is 0 Å². The van der Waals surface area contributed by atoms with Crippen LogP contribution in [-0.2, 0) is 6.18 Å². The number of halogens is 3. The van der Waals surface area contributed by atoms with Crippen LogP contribution < -0.4 is 11.1 Å². The van der Waals surface area contributed by atoms with Crippen molar-refractivity contribution >= 4 is 5.82 Å². The molecule has 3 N–H and O–H groups in total. The first kappa shape index (κ1) is 12.8. The Morgan fingerprint density at radius 2 is 2.19 bits per heavy atom. The van der Waals surface area contributed by atoms with E-state index in [4.69, 9.17) is 5.73 Å². The minimum Gasteiger partial charge on any atom is -0.368 e. The summed E-state index contributed by atoms with van der Waals surface area (Å²) in [5, 5.41) is 2.61. The highest BCUT2D eigenvalue weighted by molar-refractivity contribution is 5.45. The smallest absolute Gasteiger partial charge is 0.368 e. The van der Waals surface area contributed by atoms with Crippen molar-refractivity contribution in [3.63, 3.8) is 0 Å². The lowest BCUT2D eigenvalue weighted by Crippen LogP contribution is -2.29. The Bertz CT molecular complexity index is 338. The molecule has 90 valence electrons. The number of rotatable bonds is 4. The van der Waals surface area contributed by atoms with Crippen LogP contribution in [0.5, 0.6) is 0 Å². The quantitative estimate of drug-likeness (QED) is 0.838. The predicted molar refractivity (Wildman–Crippen MR) is 56.0 cm³/mol. The molecule has 1 atom stereocenters. The predicted octanol–water partition coefficient (Wildman–Crippen LogP) is 2.25. The van der Waals surface area contributed by atoms with Gasteiger partial charge in [0.05, 0.1) is 5.56 Å². The minimum atomic E-state index is -4.40. The summed E-state index contributed by atoms with van der Waals surface area (Å²) in [6.45, 7) is 2.14. The second kappa shape index (κ2) is 5.16. The zero-order valence-electron chi connectivity index (χ0n) is 8.88. The minimum absolute atomic E-state index is 0.168. The van der Waals surface area contributed by atoms with Crippen molar-refractivity contribution in [2.45, 2.75) is 25.6 Å². The maximum atomic E-state index is 12.5. The third kappa shape index (κ3) is 3.37. The summed E-state index contributed by atoms with van der Waals surface area (Å²) >= 11 is 0. The molecule has 0 amide bonds. The number of nitrogens with two attached hydrogens (primary N) is 1. The first-order valence-electron chi connectivity index (χ1n) is 4.96. The van der Waals surface area contributed by atoms with Gasteiger partial charge in [-0.25, -0.2) is 4.98 Å². The monoisotopic (exact) mass is 233 g/mol. The number of anilines is 1. The van der Waals surface area contributed by atoms with E-state index >= 15 is 0 Å². The molecule has 0 aliphatic heterocycles. The van der Waals surface area contributed by atoms with Gasteiger partial charge in [0.25, 0.3) is 0 Å². The van der Waals surface area contributed by atoms with E-state index in [0.717, 1.165) is 6.07 Å². The molecule has 0 bridgehead atoms. The molecule has 1 rings (SSSR count). The van der Waals surface area contributed by atoms with Gasteiger partial charge < -0.3 is 11.1 Å². The lowest BCUT2D eigenvalue weighted by atomic mass is 10.2. The molecule has 1 heterocycles. The van der Waals surface area contributed by atoms with Crippen molar-refractivity contribution in [3.05, 3.63) is 23.9 Å². The normalized spacial score (nSPS) is 13.6. The Balaban J connectivity index is 2.80. The van der Waals surface area contributed by atoms with Crippen molar-refractivity contribution in [3.8, 4) is 0 Å². The summed E-state index contributed by atoms with van der Waals surface area (Å²) < 4.78 is 37.6. The van der Waals surface area contributed by atoms with Crippen molar-refractivity contribution in [2.75, 3.05) is 11.9 Å². The van der Waals surface area contributed by atoms with Crippen LogP contribution in [-0.4, -0.2) is 17.6 Å². The molecule has 0 saturated carbocycles. The second-order valence-corrected chi connectivity index (χ2v) is 3.45. The SMILES string of the molecule is CCC(N)CNc1ncccc1C(F)(F)F. The number of aromatic nitrogens is 1. The van der Waals surface area contributed by atoms with E-state index in [1.54, 1.807) is 0 Å². The number of hydrogen-bond acceptors (Lipinski definition) is 3. The topological polar surface area (TPSA) is 50.9 Å². The van der Waals surface area contributed by atoms with Crippen LogP contribution in [0.2, 0.25) is 0 Å². The van der Waals surface area contributed by atoms with Crippen LogP contribution in [0, 0.1) is 0 Å². The van der Waals surface area contributed by atoms with E-state index in [1.807, 2.05) is 6.92 Å². The lowest BCUT2D eigenvalue weighted by molar-refractivity contribution is -0.137. The van der Waals surface area contributed by atoms with Gasteiger partial charge in [-0.2, -0.15) is 13.2 Å². The first-order valence-corrected chi connectivity index (χ1v) is 4.96. The molecule has 0 aromatic carbocycles. The van der Waals surface area contributed by atoms with E-state index in [0.29, 0.717) is 6.42 Å². The molecule has 1 aromatic heterocycles. The van der Waals surface area contributed by atoms with E-state index in [9.17, 15) is 13.2 Å². The standard InChI is InChI=1S/C10H14F3N3/c1-2-7(14)6-16-9-8(10(11,12)13)4-3-5-15-9/h3-5,7H,2,6,14H2,1H3,(H,15,16). The Morgan fingerprint density at radius 3 is 2.75 bits per heavy atom. The van der Waals surface area contributed by atoms with Gasteiger partial charge in [0.15, 0.2) is 0 Å². The molecule has 0 aliphatic carbocycles. The molecule has 0 saturated heterocycles. The van der Waals surface area contributed by atoms with E-state index in [-0.39, 0.29) is 18.4 Å². The maximum Gasteiger partial charge on any atom is 0.419 e. The summed E-state index contributed by atoms with van der Waals surface area (Å²) in [5.74, 6) is -0.168. The fourth-order valence-electron chi connectivity index (χ4n) is 1.15. The van der Waals surface area contributed by atoms with Crippen LogP contribution in [0.1, 0.15) is 18.9 Å². The second-order valence-electron chi connectivity index (χ2n) is 3.45. The number of nitrogens with one attached hydrogen (secondary N) is 1. The van der Waals surface area contributed by atoms with Gasteiger partial charge in [-0.3, -0.25) is 0 Å². The molecular weight excluding hydrogens is 219 g/mol. The van der Waals surface area contributed by atoms with Gasteiger partial charge in [0, 0.05) is 18.8 Å². The largest absolute Gasteiger partial charge is 0.419 e. The highest BCUT2D eigenvalue weighted by Gasteiger charge is 2.33. The zero-order valence-corrected chi connectivity index (χ0v) is 8.88. The number of hydrogen-bond donors (Lipinski definition) is 2. The number of nitrogens with zero attached hydrogens (tertiary/aromatic N) is 1. The van der Waals surface area contributed by atoms with E-state index in [2.05, 4.69) is 10.3 Å². The van der Waals surface area contributed by atoms with Gasteiger partial charge in [-0.1, -0.05) is 6.92 Å². The lowest BCUT2D eigenvalue weighted by Gasteiger charge is -2.15. The van der Waals surface area contributed by atoms with Crippen molar-refractivity contribution in [2.24, 2.45) is 5.73 Å². The molecular formula is C10H14F3N3. The summed E-state index contributed by atoms with van der Waals surface area (Å²) in [7, 11) is 0. The third-order valence-corrected chi connectivity index (χ3v) is 2.17. The summed E-state index contributed by atoms with van der Waals surface area (Å²) in [4.78, 5) is 3.66.